The average Bonchev–Trinajstić information content (AvgIpc) is 3.45. The van der Waals surface area contributed by atoms with Gasteiger partial charge >= 0.3 is 12.6 Å². The van der Waals surface area contributed by atoms with E-state index in [0.29, 0.717) is 44.0 Å². The van der Waals surface area contributed by atoms with Gasteiger partial charge in [-0.1, -0.05) is 6.07 Å². The molecule has 1 N–H and O–H groups in total. The Labute approximate surface area is 168 Å². The number of piperidine rings is 1. The topological polar surface area (TPSA) is 82.8 Å². The molecule has 28 heavy (non-hydrogen) atoms. The van der Waals surface area contributed by atoms with Crippen molar-refractivity contribution >= 4 is 18.4 Å². The van der Waals surface area contributed by atoms with Crippen molar-refractivity contribution < 1.29 is 28.2 Å². The first-order valence-electron chi connectivity index (χ1n) is 8.99. The highest BCUT2D eigenvalue weighted by atomic mass is 35.5. The molecule has 0 unspecified atom stereocenters. The summed E-state index contributed by atoms with van der Waals surface area (Å²) in [5.41, 5.74) is -0.108. The van der Waals surface area contributed by atoms with Crippen LogP contribution in [0.25, 0.3) is 0 Å². The largest absolute Gasteiger partial charge is 0.489 e. The summed E-state index contributed by atoms with van der Waals surface area (Å²) in [5, 5.41) is 18.7. The molecule has 2 aliphatic rings. The van der Waals surface area contributed by atoms with Gasteiger partial charge in [0.25, 0.3) is 0 Å². The number of carbonyl (C=O) groups is 1. The van der Waals surface area contributed by atoms with Gasteiger partial charge in [0.15, 0.2) is 11.5 Å². The summed E-state index contributed by atoms with van der Waals surface area (Å²) in [5.74, 6) is -0.269. The normalized spacial score (nSPS) is 18.8. The number of nitriles is 1. The number of likely N-dealkylation sites (tertiary alicyclic amines) is 1. The molecule has 9 heteroatoms. The number of rotatable bonds is 8. The fourth-order valence-corrected chi connectivity index (χ4v) is 3.35. The van der Waals surface area contributed by atoms with E-state index in [1.807, 2.05) is 0 Å². The summed E-state index contributed by atoms with van der Waals surface area (Å²) in [7, 11) is 0. The first-order chi connectivity index (χ1) is 12.9. The summed E-state index contributed by atoms with van der Waals surface area (Å²) < 4.78 is 35.6. The second kappa shape index (κ2) is 9.39. The van der Waals surface area contributed by atoms with E-state index in [0.717, 1.165) is 12.8 Å². The fraction of sp³-hybridized carbons (Fsp3) is 0.579. The van der Waals surface area contributed by atoms with E-state index >= 15 is 0 Å². The molecule has 1 aliphatic heterocycles. The summed E-state index contributed by atoms with van der Waals surface area (Å²) in [4.78, 5) is 12.7. The molecule has 1 heterocycles. The van der Waals surface area contributed by atoms with E-state index in [2.05, 4.69) is 10.8 Å². The molecular formula is C19H23ClF2N2O4. The molecule has 1 saturated carbocycles. The molecule has 6 nitrogen and oxygen atoms in total. The van der Waals surface area contributed by atoms with Crippen molar-refractivity contribution in [3.8, 4) is 17.6 Å². The predicted octanol–water partition coefficient (Wildman–Crippen LogP) is 3.44. The number of aliphatic carboxylic acids is 1. The Bertz CT molecular complexity index is 729. The van der Waals surface area contributed by atoms with Gasteiger partial charge in [0, 0.05) is 13.1 Å². The summed E-state index contributed by atoms with van der Waals surface area (Å²) in [6.45, 7) is -1.61. The Morgan fingerprint density at radius 1 is 1.32 bits per heavy atom. The monoisotopic (exact) mass is 416 g/mol. The maximum atomic E-state index is 12.7. The number of nitrogens with zero attached hydrogens (tertiary/aromatic N) is 2. The van der Waals surface area contributed by atoms with Gasteiger partial charge in [-0.15, -0.1) is 12.4 Å². The molecule has 154 valence electrons. The Morgan fingerprint density at radius 3 is 2.54 bits per heavy atom. The molecule has 0 radical (unpaired) electrons. The lowest BCUT2D eigenvalue weighted by molar-refractivity contribution is -0.138. The summed E-state index contributed by atoms with van der Waals surface area (Å²) in [6.07, 6.45) is 3.06. The van der Waals surface area contributed by atoms with Crippen LogP contribution in [0.2, 0.25) is 0 Å². The molecule has 0 aromatic heterocycles. The van der Waals surface area contributed by atoms with E-state index in [1.54, 1.807) is 17.0 Å². The third-order valence-electron chi connectivity index (χ3n) is 5.17. The molecule has 0 amide bonds. The van der Waals surface area contributed by atoms with Crippen LogP contribution < -0.4 is 9.47 Å². The number of carboxylic acids is 1. The number of alkyl halides is 2. The molecular weight excluding hydrogens is 394 g/mol. The van der Waals surface area contributed by atoms with Gasteiger partial charge in [-0.05, 0) is 49.3 Å². The molecule has 1 saturated heterocycles. The van der Waals surface area contributed by atoms with E-state index in [1.165, 1.54) is 6.07 Å². The van der Waals surface area contributed by atoms with Crippen molar-refractivity contribution in [3.63, 3.8) is 0 Å². The van der Waals surface area contributed by atoms with Crippen LogP contribution in [-0.4, -0.2) is 48.8 Å². The number of hydrogen-bond donors (Lipinski definition) is 1. The molecule has 1 aromatic carbocycles. The van der Waals surface area contributed by atoms with Crippen LogP contribution in [0.3, 0.4) is 0 Å². The number of benzene rings is 1. The van der Waals surface area contributed by atoms with Crippen molar-refractivity contribution in [1.29, 1.82) is 5.26 Å². The van der Waals surface area contributed by atoms with Crippen LogP contribution in [-0.2, 0) is 10.2 Å². The summed E-state index contributed by atoms with van der Waals surface area (Å²) in [6, 6.07) is 7.02. The molecule has 0 atom stereocenters. The smallest absolute Gasteiger partial charge is 0.387 e. The Hall–Kier alpha value is -2.11. The Morgan fingerprint density at radius 2 is 2.00 bits per heavy atom. The molecule has 0 spiro atoms. The highest BCUT2D eigenvalue weighted by molar-refractivity contribution is 5.85. The molecule has 3 rings (SSSR count). The van der Waals surface area contributed by atoms with Crippen LogP contribution in [0.4, 0.5) is 8.78 Å². The first-order valence-corrected chi connectivity index (χ1v) is 8.99. The highest BCUT2D eigenvalue weighted by Crippen LogP contribution is 2.40. The molecule has 2 fully saturated rings. The van der Waals surface area contributed by atoms with Crippen molar-refractivity contribution in [2.24, 2.45) is 5.92 Å². The SMILES string of the molecule is Cl.N#CC1(c2ccc(OC(F)F)c(OCC3CC3)c2)CCN(CC(=O)O)CC1. The lowest BCUT2D eigenvalue weighted by Crippen LogP contribution is -2.43. The van der Waals surface area contributed by atoms with Crippen LogP contribution in [0.15, 0.2) is 18.2 Å². The van der Waals surface area contributed by atoms with E-state index in [9.17, 15) is 18.8 Å². The van der Waals surface area contributed by atoms with Crippen molar-refractivity contribution in [2.75, 3.05) is 26.2 Å². The second-order valence-corrected chi connectivity index (χ2v) is 7.16. The minimum Gasteiger partial charge on any atom is -0.489 e. The molecule has 1 aromatic rings. The minimum absolute atomic E-state index is 0. The van der Waals surface area contributed by atoms with Crippen LogP contribution in [0.1, 0.15) is 31.2 Å². The average molecular weight is 417 g/mol. The molecule has 0 bridgehead atoms. The Balaban J connectivity index is 0.00000280. The van der Waals surface area contributed by atoms with Gasteiger partial charge in [-0.3, -0.25) is 9.69 Å². The lowest BCUT2D eigenvalue weighted by atomic mass is 9.74. The van der Waals surface area contributed by atoms with Gasteiger partial charge in [0.1, 0.15) is 0 Å². The number of halogens is 3. The van der Waals surface area contributed by atoms with Gasteiger partial charge in [-0.25, -0.2) is 0 Å². The zero-order valence-electron chi connectivity index (χ0n) is 15.3. The van der Waals surface area contributed by atoms with E-state index < -0.39 is 18.0 Å². The molecule has 1 aliphatic carbocycles. The summed E-state index contributed by atoms with van der Waals surface area (Å²) >= 11 is 0. The second-order valence-electron chi connectivity index (χ2n) is 7.16. The predicted molar refractivity (Wildman–Crippen MR) is 99.1 cm³/mol. The quantitative estimate of drug-likeness (QED) is 0.699. The van der Waals surface area contributed by atoms with Crippen LogP contribution in [0.5, 0.6) is 11.5 Å². The minimum atomic E-state index is -2.96. The van der Waals surface area contributed by atoms with E-state index in [4.69, 9.17) is 9.84 Å². The first kappa shape index (κ1) is 22.2. The van der Waals surface area contributed by atoms with Gasteiger partial charge in [0.2, 0.25) is 0 Å². The van der Waals surface area contributed by atoms with Crippen molar-refractivity contribution in [3.05, 3.63) is 23.8 Å². The van der Waals surface area contributed by atoms with Gasteiger partial charge < -0.3 is 14.6 Å². The third kappa shape index (κ3) is 5.46. The van der Waals surface area contributed by atoms with Crippen molar-refractivity contribution in [1.82, 2.24) is 4.90 Å². The number of hydrogen-bond acceptors (Lipinski definition) is 5. The zero-order chi connectivity index (χ0) is 19.4. The Kier molecular flexibility index (Phi) is 7.44. The maximum absolute atomic E-state index is 12.7. The van der Waals surface area contributed by atoms with Crippen LogP contribution >= 0.6 is 12.4 Å². The lowest BCUT2D eigenvalue weighted by Gasteiger charge is -2.37. The van der Waals surface area contributed by atoms with E-state index in [-0.39, 0.29) is 30.5 Å². The maximum Gasteiger partial charge on any atom is 0.387 e. The number of ether oxygens (including phenoxy) is 2. The standard InChI is InChI=1S/C19H22F2N2O4.ClH/c20-18(21)27-15-4-3-14(9-16(15)26-11-13-1-2-13)19(12-22)5-7-23(8-6-19)10-17(24)25;/h3-4,9,13,18H,1-2,5-8,10-11H2,(H,24,25);1H. The fourth-order valence-electron chi connectivity index (χ4n) is 3.35. The third-order valence-corrected chi connectivity index (χ3v) is 5.17. The van der Waals surface area contributed by atoms with Gasteiger partial charge in [0.05, 0.1) is 24.6 Å². The zero-order valence-corrected chi connectivity index (χ0v) is 16.1. The van der Waals surface area contributed by atoms with Gasteiger partial charge in [-0.2, -0.15) is 14.0 Å². The highest BCUT2D eigenvalue weighted by Gasteiger charge is 2.37. The van der Waals surface area contributed by atoms with Crippen molar-refractivity contribution in [2.45, 2.75) is 37.7 Å². The number of carboxylic acid groups (broad SMARTS) is 1. The van der Waals surface area contributed by atoms with Crippen LogP contribution in [0, 0.1) is 17.2 Å².